The summed E-state index contributed by atoms with van der Waals surface area (Å²) < 4.78 is 0.879. The zero-order valence-corrected chi connectivity index (χ0v) is 17.0. The number of hydrogen-bond donors (Lipinski definition) is 2. The van der Waals surface area contributed by atoms with E-state index < -0.39 is 11.5 Å². The minimum absolute atomic E-state index is 0.100. The lowest BCUT2D eigenvalue weighted by Gasteiger charge is -2.46. The number of anilines is 1. The summed E-state index contributed by atoms with van der Waals surface area (Å²) in [5, 5.41) is 6.60. The van der Waals surface area contributed by atoms with Crippen LogP contribution in [-0.2, 0) is 15.0 Å². The molecule has 0 aliphatic carbocycles. The molecule has 138 valence electrons. The minimum atomic E-state index is -0.972. The van der Waals surface area contributed by atoms with Gasteiger partial charge < -0.3 is 10.6 Å². The Bertz CT molecular complexity index is 990. The monoisotopic (exact) mass is 444 g/mol. The molecule has 0 bridgehead atoms. The van der Waals surface area contributed by atoms with Gasteiger partial charge in [0.15, 0.2) is 0 Å². The lowest BCUT2D eigenvalue weighted by Crippen LogP contribution is -2.62. The highest BCUT2D eigenvalue weighted by Crippen LogP contribution is 2.54. The van der Waals surface area contributed by atoms with Crippen molar-refractivity contribution in [1.29, 1.82) is 0 Å². The summed E-state index contributed by atoms with van der Waals surface area (Å²) in [6.45, 7) is 5.92. The van der Waals surface area contributed by atoms with E-state index in [0.29, 0.717) is 5.02 Å². The van der Waals surface area contributed by atoms with Gasteiger partial charge in [0.1, 0.15) is 5.41 Å². The Kier molecular flexibility index (Phi) is 4.40. The van der Waals surface area contributed by atoms with Crippen molar-refractivity contribution in [2.45, 2.75) is 30.7 Å². The van der Waals surface area contributed by atoms with E-state index in [1.54, 1.807) is 6.07 Å². The van der Waals surface area contributed by atoms with E-state index in [2.05, 4.69) is 33.1 Å². The summed E-state index contributed by atoms with van der Waals surface area (Å²) in [5.74, 6) is -0.584. The third-order valence-electron chi connectivity index (χ3n) is 5.49. The van der Waals surface area contributed by atoms with Crippen LogP contribution in [0, 0.1) is 0 Å². The molecule has 1 spiro atoms. The molecule has 4 nitrogen and oxygen atoms in total. The average molecular weight is 446 g/mol. The summed E-state index contributed by atoms with van der Waals surface area (Å²) in [4.78, 5) is 26.0. The van der Waals surface area contributed by atoms with Gasteiger partial charge in [0.25, 0.3) is 0 Å². The molecule has 2 aromatic rings. The number of nitrogens with one attached hydrogen (secondary N) is 2. The van der Waals surface area contributed by atoms with Crippen molar-refractivity contribution in [2.75, 3.05) is 5.32 Å². The number of rotatable bonds is 2. The molecule has 2 amide bonds. The molecule has 6 heteroatoms. The fourth-order valence-corrected chi connectivity index (χ4v) is 5.02. The van der Waals surface area contributed by atoms with Gasteiger partial charge in [-0.1, -0.05) is 57.9 Å². The van der Waals surface area contributed by atoms with Crippen molar-refractivity contribution in [2.24, 2.45) is 0 Å². The molecule has 1 fully saturated rings. The highest BCUT2D eigenvalue weighted by atomic mass is 79.9. The number of fused-ring (bicyclic) bond motifs is 2. The van der Waals surface area contributed by atoms with Crippen molar-refractivity contribution in [1.82, 2.24) is 5.32 Å². The number of benzene rings is 2. The maximum Gasteiger partial charge on any atom is 0.238 e. The van der Waals surface area contributed by atoms with Crippen LogP contribution in [0.25, 0.3) is 0 Å². The Labute approximate surface area is 171 Å². The van der Waals surface area contributed by atoms with Gasteiger partial charge in [-0.15, -0.1) is 0 Å². The Morgan fingerprint density at radius 1 is 1.26 bits per heavy atom. The molecular weight excluding hydrogens is 428 g/mol. The number of halogens is 2. The molecule has 3 atom stereocenters. The third kappa shape index (κ3) is 2.72. The van der Waals surface area contributed by atoms with E-state index in [9.17, 15) is 9.59 Å². The summed E-state index contributed by atoms with van der Waals surface area (Å²) in [6.07, 6.45) is 0.201. The predicted molar refractivity (Wildman–Crippen MR) is 110 cm³/mol. The second-order valence-electron chi connectivity index (χ2n) is 7.17. The van der Waals surface area contributed by atoms with Crippen molar-refractivity contribution >= 4 is 45.0 Å². The predicted octanol–water partition coefficient (Wildman–Crippen LogP) is 4.54. The minimum Gasteiger partial charge on any atom is -0.348 e. The van der Waals surface area contributed by atoms with Gasteiger partial charge in [0, 0.05) is 27.5 Å². The molecule has 4 rings (SSSR count). The van der Waals surface area contributed by atoms with Gasteiger partial charge in [0.05, 0.1) is 6.04 Å². The second kappa shape index (κ2) is 6.50. The van der Waals surface area contributed by atoms with E-state index in [0.717, 1.165) is 26.9 Å². The molecule has 2 heterocycles. The maximum atomic E-state index is 13.5. The van der Waals surface area contributed by atoms with E-state index >= 15 is 0 Å². The fourth-order valence-electron chi connectivity index (χ4n) is 4.46. The molecule has 0 unspecified atom stereocenters. The van der Waals surface area contributed by atoms with E-state index in [1.165, 1.54) is 0 Å². The van der Waals surface area contributed by atoms with Gasteiger partial charge in [-0.2, -0.15) is 0 Å². The van der Waals surface area contributed by atoms with E-state index in [1.807, 2.05) is 43.3 Å². The van der Waals surface area contributed by atoms with Crippen molar-refractivity contribution in [3.63, 3.8) is 0 Å². The summed E-state index contributed by atoms with van der Waals surface area (Å²) in [6, 6.07) is 12.7. The molecule has 1 saturated heterocycles. The van der Waals surface area contributed by atoms with E-state index in [-0.39, 0.29) is 24.2 Å². The zero-order chi connectivity index (χ0) is 19.3. The van der Waals surface area contributed by atoms with E-state index in [4.69, 9.17) is 11.6 Å². The molecule has 2 aromatic carbocycles. The van der Waals surface area contributed by atoms with Gasteiger partial charge in [-0.3, -0.25) is 9.59 Å². The first-order valence-electron chi connectivity index (χ1n) is 8.65. The highest BCUT2D eigenvalue weighted by Gasteiger charge is 2.60. The number of piperidine rings is 1. The van der Waals surface area contributed by atoms with Crippen LogP contribution in [0.4, 0.5) is 5.69 Å². The van der Waals surface area contributed by atoms with Crippen LogP contribution in [0.3, 0.4) is 0 Å². The van der Waals surface area contributed by atoms with Gasteiger partial charge in [-0.25, -0.2) is 0 Å². The Morgan fingerprint density at radius 3 is 2.74 bits per heavy atom. The number of hydrogen-bond acceptors (Lipinski definition) is 2. The van der Waals surface area contributed by atoms with Crippen molar-refractivity contribution in [3.8, 4) is 0 Å². The normalized spacial score (nSPS) is 26.5. The summed E-state index contributed by atoms with van der Waals surface area (Å²) in [5.41, 5.74) is 2.26. The Hall–Kier alpha value is -2.11. The number of amides is 2. The zero-order valence-electron chi connectivity index (χ0n) is 14.7. The van der Waals surface area contributed by atoms with Crippen molar-refractivity contribution < 1.29 is 9.59 Å². The van der Waals surface area contributed by atoms with Gasteiger partial charge >= 0.3 is 0 Å². The first-order valence-corrected chi connectivity index (χ1v) is 9.83. The molecular formula is C21H18BrClN2O2. The topological polar surface area (TPSA) is 58.2 Å². The smallest absolute Gasteiger partial charge is 0.238 e. The molecule has 2 N–H and O–H groups in total. The van der Waals surface area contributed by atoms with Crippen LogP contribution in [0.15, 0.2) is 59.1 Å². The van der Waals surface area contributed by atoms with Gasteiger partial charge in [0.2, 0.25) is 11.8 Å². The fraction of sp³-hybridized carbons (Fsp3) is 0.238. The number of carbonyl (C=O) groups is 2. The molecule has 2 aliphatic rings. The van der Waals surface area contributed by atoms with Crippen LogP contribution in [0.1, 0.15) is 30.4 Å². The standard InChI is InChI=1S/C21H18BrClN2O2/c1-11(2)19-21(15-7-6-13(22)9-17(15)24-20(21)27)16(10-18(26)25-19)12-4-3-5-14(23)8-12/h3-9,16,19H,1,10H2,2H3,(H,24,27)(H,25,26)/t16-,19+,21-/m0/s1. The van der Waals surface area contributed by atoms with Crippen LogP contribution in [0.5, 0.6) is 0 Å². The summed E-state index contributed by atoms with van der Waals surface area (Å²) >= 11 is 9.69. The Morgan fingerprint density at radius 2 is 2.04 bits per heavy atom. The molecule has 2 aliphatic heterocycles. The van der Waals surface area contributed by atoms with Crippen LogP contribution >= 0.6 is 27.5 Å². The van der Waals surface area contributed by atoms with Crippen LogP contribution in [-0.4, -0.2) is 17.9 Å². The molecule has 27 heavy (non-hydrogen) atoms. The highest BCUT2D eigenvalue weighted by molar-refractivity contribution is 9.10. The number of carbonyl (C=O) groups excluding carboxylic acids is 2. The molecule has 0 radical (unpaired) electrons. The van der Waals surface area contributed by atoms with Crippen molar-refractivity contribution in [3.05, 3.63) is 75.2 Å². The summed E-state index contributed by atoms with van der Waals surface area (Å²) in [7, 11) is 0. The SMILES string of the molecule is C=C(C)[C@H]1NC(=O)C[C@@H](c2cccc(Cl)c2)[C@]12C(=O)Nc1cc(Br)ccc12. The molecule has 0 aromatic heterocycles. The Balaban J connectivity index is 2.01. The first-order chi connectivity index (χ1) is 12.8. The van der Waals surface area contributed by atoms with Crippen LogP contribution in [0.2, 0.25) is 5.02 Å². The van der Waals surface area contributed by atoms with Crippen LogP contribution < -0.4 is 10.6 Å². The molecule has 0 saturated carbocycles. The third-order valence-corrected chi connectivity index (χ3v) is 6.22. The average Bonchev–Trinajstić information content (AvgIpc) is 2.88. The quantitative estimate of drug-likeness (QED) is 0.667. The second-order valence-corrected chi connectivity index (χ2v) is 8.52. The van der Waals surface area contributed by atoms with Gasteiger partial charge in [-0.05, 0) is 42.3 Å². The largest absolute Gasteiger partial charge is 0.348 e. The maximum absolute atomic E-state index is 13.5. The first kappa shape index (κ1) is 18.3. The lowest BCUT2D eigenvalue weighted by atomic mass is 9.59. The lowest BCUT2D eigenvalue weighted by molar-refractivity contribution is -0.130.